The van der Waals surface area contributed by atoms with Crippen molar-refractivity contribution >= 4 is 23.4 Å². The van der Waals surface area contributed by atoms with Crippen molar-refractivity contribution < 1.29 is 28.6 Å². The summed E-state index contributed by atoms with van der Waals surface area (Å²) in [4.78, 5) is 37.8. The number of halogens is 1. The average molecular weight is 603 g/mol. The molecule has 1 aliphatic heterocycles. The molecule has 2 aliphatic carbocycles. The van der Waals surface area contributed by atoms with Crippen LogP contribution in [0.25, 0.3) is 0 Å². The van der Waals surface area contributed by atoms with Gasteiger partial charge in [0.25, 0.3) is 5.91 Å². The molecule has 0 radical (unpaired) electrons. The molecule has 3 heterocycles. The van der Waals surface area contributed by atoms with Gasteiger partial charge in [-0.2, -0.15) is 0 Å². The van der Waals surface area contributed by atoms with Gasteiger partial charge in [0.2, 0.25) is 5.88 Å². The summed E-state index contributed by atoms with van der Waals surface area (Å²) < 4.78 is 26.6. The van der Waals surface area contributed by atoms with Crippen molar-refractivity contribution in [2.45, 2.75) is 56.5 Å². The zero-order valence-electron chi connectivity index (χ0n) is 25.0. The third kappa shape index (κ3) is 7.11. The number of carboxylic acids is 1. The number of aromatic nitrogens is 2. The molecule has 9 nitrogen and oxygen atoms in total. The number of carbonyl (C=O) groups is 2. The predicted octanol–water partition coefficient (Wildman–Crippen LogP) is 5.90. The zero-order valence-corrected chi connectivity index (χ0v) is 25.0. The van der Waals surface area contributed by atoms with Gasteiger partial charge in [0.05, 0.1) is 37.9 Å². The predicted molar refractivity (Wildman–Crippen MR) is 164 cm³/mol. The highest BCUT2D eigenvalue weighted by Crippen LogP contribution is 2.45. The van der Waals surface area contributed by atoms with Gasteiger partial charge in [-0.1, -0.05) is 6.07 Å². The Bertz CT molecular complexity index is 1470. The molecule has 1 saturated heterocycles. The van der Waals surface area contributed by atoms with Gasteiger partial charge in [-0.05, 0) is 92.2 Å². The molecule has 0 bridgehead atoms. The maximum Gasteiger partial charge on any atom is 0.303 e. The van der Waals surface area contributed by atoms with E-state index < -0.39 is 11.6 Å². The van der Waals surface area contributed by atoms with E-state index in [-0.39, 0.29) is 24.8 Å². The molecular formula is C34H39FN4O5. The summed E-state index contributed by atoms with van der Waals surface area (Å²) in [5, 5.41) is 9.38. The monoisotopic (exact) mass is 602 g/mol. The zero-order chi connectivity index (χ0) is 30.7. The van der Waals surface area contributed by atoms with Crippen molar-refractivity contribution in [3.05, 3.63) is 72.1 Å². The topological polar surface area (TPSA) is 105 Å². The number of rotatable bonds is 13. The molecule has 2 saturated carbocycles. The first kappa shape index (κ1) is 29.8. The summed E-state index contributed by atoms with van der Waals surface area (Å²) in [6.07, 6.45) is 8.15. The van der Waals surface area contributed by atoms with Gasteiger partial charge in [0.1, 0.15) is 17.2 Å². The Morgan fingerprint density at radius 3 is 2.52 bits per heavy atom. The number of amides is 1. The molecule has 1 aromatic carbocycles. The number of alkyl halides is 1. The number of piperidine rings is 1. The number of hydrogen-bond acceptors (Lipinski definition) is 7. The van der Waals surface area contributed by atoms with Crippen LogP contribution < -0.4 is 19.3 Å². The molecule has 3 aromatic rings. The molecule has 44 heavy (non-hydrogen) atoms. The summed E-state index contributed by atoms with van der Waals surface area (Å²) in [5.74, 6) is 1.25. The smallest absolute Gasteiger partial charge is 0.303 e. The lowest BCUT2D eigenvalue weighted by Gasteiger charge is -2.35. The number of ether oxygens (including phenoxy) is 2. The van der Waals surface area contributed by atoms with Gasteiger partial charge >= 0.3 is 5.97 Å². The van der Waals surface area contributed by atoms with Crippen molar-refractivity contribution in [2.24, 2.45) is 11.8 Å². The third-order valence-electron chi connectivity index (χ3n) is 9.04. The van der Waals surface area contributed by atoms with E-state index in [4.69, 9.17) is 9.47 Å². The van der Waals surface area contributed by atoms with E-state index in [1.54, 1.807) is 49.8 Å². The van der Waals surface area contributed by atoms with Crippen LogP contribution in [0.3, 0.4) is 0 Å². The van der Waals surface area contributed by atoms with E-state index in [0.29, 0.717) is 67.4 Å². The minimum Gasteiger partial charge on any atom is -0.497 e. The van der Waals surface area contributed by atoms with Crippen molar-refractivity contribution in [2.75, 3.05) is 43.2 Å². The first-order chi connectivity index (χ1) is 21.3. The van der Waals surface area contributed by atoms with Gasteiger partial charge in [-0.25, -0.2) is 14.4 Å². The first-order valence-electron chi connectivity index (χ1n) is 15.5. The normalized spacial score (nSPS) is 18.4. The number of benzene rings is 1. The minimum atomic E-state index is -1.37. The van der Waals surface area contributed by atoms with Crippen molar-refractivity contribution in [3.8, 4) is 11.6 Å². The van der Waals surface area contributed by atoms with Crippen molar-refractivity contribution in [1.82, 2.24) is 9.97 Å². The number of methoxy groups -OCH3 is 1. The Balaban J connectivity index is 1.12. The van der Waals surface area contributed by atoms with Gasteiger partial charge < -0.3 is 19.5 Å². The highest BCUT2D eigenvalue weighted by Gasteiger charge is 2.46. The lowest BCUT2D eigenvalue weighted by molar-refractivity contribution is -0.137. The molecule has 6 rings (SSSR count). The van der Waals surface area contributed by atoms with Crippen LogP contribution in [-0.4, -0.2) is 66.0 Å². The summed E-state index contributed by atoms with van der Waals surface area (Å²) in [6, 6.07) is 14.5. The number of nitrogens with zero attached hydrogens (tertiary/aromatic N) is 4. The quantitative estimate of drug-likeness (QED) is 0.258. The minimum absolute atomic E-state index is 0.00540. The van der Waals surface area contributed by atoms with E-state index in [0.717, 1.165) is 36.9 Å². The maximum atomic E-state index is 15.0. The fraction of sp³-hybridized carbons (Fsp3) is 0.471. The van der Waals surface area contributed by atoms with Crippen LogP contribution >= 0.6 is 0 Å². The SMILES string of the molecule is COc1ccc(C(=O)N(CC2(F)CC2)c2ccccn2)c(N2CCC(COc3cc(C(CC(=O)O)C4CC4)ccn3)CC2)c1. The second-order valence-corrected chi connectivity index (χ2v) is 12.3. The van der Waals surface area contributed by atoms with Crippen molar-refractivity contribution in [3.63, 3.8) is 0 Å². The fourth-order valence-corrected chi connectivity index (χ4v) is 6.10. The Morgan fingerprint density at radius 1 is 1.07 bits per heavy atom. The number of pyridine rings is 2. The van der Waals surface area contributed by atoms with Gasteiger partial charge in [0.15, 0.2) is 0 Å². The molecule has 2 aromatic heterocycles. The second kappa shape index (κ2) is 12.8. The van der Waals surface area contributed by atoms with Gasteiger partial charge in [-0.3, -0.25) is 14.5 Å². The van der Waals surface area contributed by atoms with E-state index in [2.05, 4.69) is 14.9 Å². The summed E-state index contributed by atoms with van der Waals surface area (Å²) in [5.41, 5.74) is 0.854. The number of carboxylic acid groups (broad SMARTS) is 1. The molecule has 1 atom stereocenters. The van der Waals surface area contributed by atoms with Crippen LogP contribution in [-0.2, 0) is 4.79 Å². The van der Waals surface area contributed by atoms with Crippen LogP contribution in [0.2, 0.25) is 0 Å². The Morgan fingerprint density at radius 2 is 1.86 bits per heavy atom. The van der Waals surface area contributed by atoms with E-state index in [9.17, 15) is 19.1 Å². The maximum absolute atomic E-state index is 15.0. The molecule has 3 aliphatic rings. The summed E-state index contributed by atoms with van der Waals surface area (Å²) in [6.45, 7) is 1.91. The molecule has 1 amide bonds. The van der Waals surface area contributed by atoms with Gasteiger partial charge in [0, 0.05) is 37.6 Å². The van der Waals surface area contributed by atoms with Crippen LogP contribution in [0.5, 0.6) is 11.6 Å². The standard InChI is InChI=1S/C34H39FN4O5/c1-43-26-7-8-27(33(42)39(22-34(35)12-13-34)30-4-2-3-14-36-30)29(19-26)38-16-10-23(11-17-38)21-44-31-18-25(9-15-37-31)28(20-32(40)41)24-5-6-24/h2-4,7-9,14-15,18-19,23-24,28H,5-6,10-13,16-17,20-22H2,1H3,(H,40,41). The highest BCUT2D eigenvalue weighted by molar-refractivity contribution is 6.09. The number of carbonyl (C=O) groups excluding carboxylic acids is 1. The Hall–Kier alpha value is -4.21. The van der Waals surface area contributed by atoms with Crippen LogP contribution in [0.4, 0.5) is 15.9 Å². The molecule has 1 N–H and O–H groups in total. The summed E-state index contributed by atoms with van der Waals surface area (Å²) in [7, 11) is 1.60. The molecule has 10 heteroatoms. The molecule has 1 unspecified atom stereocenters. The third-order valence-corrected chi connectivity index (χ3v) is 9.04. The van der Waals surface area contributed by atoms with Crippen LogP contribution in [0.15, 0.2) is 60.9 Å². The number of anilines is 2. The van der Waals surface area contributed by atoms with E-state index in [1.807, 2.05) is 18.2 Å². The average Bonchev–Trinajstić information content (AvgIpc) is 4.00. The fourth-order valence-electron chi connectivity index (χ4n) is 6.10. The first-order valence-corrected chi connectivity index (χ1v) is 15.5. The highest BCUT2D eigenvalue weighted by atomic mass is 19.1. The Kier molecular flexibility index (Phi) is 8.68. The van der Waals surface area contributed by atoms with E-state index in [1.165, 1.54) is 4.90 Å². The molecule has 0 spiro atoms. The lowest BCUT2D eigenvalue weighted by Crippen LogP contribution is -2.40. The largest absolute Gasteiger partial charge is 0.497 e. The Labute approximate surface area is 257 Å². The van der Waals surface area contributed by atoms with Gasteiger partial charge in [-0.15, -0.1) is 0 Å². The van der Waals surface area contributed by atoms with Crippen molar-refractivity contribution in [1.29, 1.82) is 0 Å². The van der Waals surface area contributed by atoms with E-state index >= 15 is 0 Å². The summed E-state index contributed by atoms with van der Waals surface area (Å²) >= 11 is 0. The second-order valence-electron chi connectivity index (χ2n) is 12.3. The van der Waals surface area contributed by atoms with Crippen LogP contribution in [0, 0.1) is 11.8 Å². The molecule has 3 fully saturated rings. The number of aliphatic carboxylic acids is 1. The molecule has 232 valence electrons. The molecular weight excluding hydrogens is 563 g/mol. The van der Waals surface area contributed by atoms with Crippen LogP contribution in [0.1, 0.15) is 66.8 Å². The number of hydrogen-bond donors (Lipinski definition) is 1. The lowest BCUT2D eigenvalue weighted by atomic mass is 9.92.